The monoisotopic (exact) mass is 229 g/mol. The summed E-state index contributed by atoms with van der Waals surface area (Å²) in [5, 5.41) is 11.2. The maximum Gasteiger partial charge on any atom is 0.326 e. The second kappa shape index (κ2) is 7.84. The molecule has 0 heterocycles. The molecule has 0 saturated heterocycles. The van der Waals surface area contributed by atoms with Gasteiger partial charge in [-0.05, 0) is 12.8 Å². The number of nitrogens with one attached hydrogen (secondary N) is 1. The standard InChI is InChI=1S/C11H19NO4/c1-3-8(13)6-5-7-9(11(15)16)12-10(14)4-2/h9H,3-7H2,1-2H3,(H,12,14)(H,15,16)/t9-/m0/s1. The van der Waals surface area contributed by atoms with Crippen LogP contribution in [0.5, 0.6) is 0 Å². The van der Waals surface area contributed by atoms with E-state index in [0.717, 1.165) is 0 Å². The number of carbonyl (C=O) groups is 3. The maximum absolute atomic E-state index is 11.0. The highest BCUT2D eigenvalue weighted by atomic mass is 16.4. The molecular formula is C11H19NO4. The second-order valence-electron chi connectivity index (χ2n) is 3.60. The summed E-state index contributed by atoms with van der Waals surface area (Å²) in [7, 11) is 0. The number of aliphatic carboxylic acids is 1. The van der Waals surface area contributed by atoms with Crippen LogP contribution in [-0.2, 0) is 14.4 Å². The van der Waals surface area contributed by atoms with E-state index in [0.29, 0.717) is 25.7 Å². The lowest BCUT2D eigenvalue weighted by molar-refractivity contribution is -0.142. The minimum Gasteiger partial charge on any atom is -0.480 e. The highest BCUT2D eigenvalue weighted by Crippen LogP contribution is 2.04. The van der Waals surface area contributed by atoms with Crippen molar-refractivity contribution in [3.63, 3.8) is 0 Å². The maximum atomic E-state index is 11.0. The molecule has 0 aliphatic heterocycles. The molecule has 0 radical (unpaired) electrons. The molecule has 5 heteroatoms. The van der Waals surface area contributed by atoms with Crippen LogP contribution in [0, 0.1) is 0 Å². The molecule has 0 aliphatic carbocycles. The summed E-state index contributed by atoms with van der Waals surface area (Å²) < 4.78 is 0. The normalized spacial score (nSPS) is 11.9. The molecule has 0 rings (SSSR count). The van der Waals surface area contributed by atoms with Crippen molar-refractivity contribution in [1.82, 2.24) is 5.32 Å². The average Bonchev–Trinajstić information content (AvgIpc) is 2.26. The molecule has 0 fully saturated rings. The van der Waals surface area contributed by atoms with Crippen molar-refractivity contribution in [3.05, 3.63) is 0 Å². The molecule has 0 saturated carbocycles. The molecule has 1 amide bonds. The predicted molar refractivity (Wildman–Crippen MR) is 59.0 cm³/mol. The van der Waals surface area contributed by atoms with E-state index in [1.807, 2.05) is 0 Å². The van der Waals surface area contributed by atoms with Crippen molar-refractivity contribution in [2.75, 3.05) is 0 Å². The number of ketones is 1. The van der Waals surface area contributed by atoms with Crippen LogP contribution < -0.4 is 5.32 Å². The van der Waals surface area contributed by atoms with Gasteiger partial charge in [-0.15, -0.1) is 0 Å². The average molecular weight is 229 g/mol. The smallest absolute Gasteiger partial charge is 0.326 e. The molecule has 92 valence electrons. The van der Waals surface area contributed by atoms with Gasteiger partial charge in [0.1, 0.15) is 11.8 Å². The fraction of sp³-hybridized carbons (Fsp3) is 0.727. The van der Waals surface area contributed by atoms with Gasteiger partial charge in [0.05, 0.1) is 0 Å². The Morgan fingerprint density at radius 1 is 1.19 bits per heavy atom. The zero-order valence-electron chi connectivity index (χ0n) is 9.78. The molecule has 0 aromatic rings. The lowest BCUT2D eigenvalue weighted by atomic mass is 10.1. The van der Waals surface area contributed by atoms with Gasteiger partial charge in [0.2, 0.25) is 5.91 Å². The molecule has 2 N–H and O–H groups in total. The van der Waals surface area contributed by atoms with E-state index in [1.165, 1.54) is 0 Å². The highest BCUT2D eigenvalue weighted by Gasteiger charge is 2.18. The van der Waals surface area contributed by atoms with Gasteiger partial charge in [0.15, 0.2) is 0 Å². The summed E-state index contributed by atoms with van der Waals surface area (Å²) in [6, 6.07) is -0.878. The van der Waals surface area contributed by atoms with E-state index in [-0.39, 0.29) is 18.1 Å². The van der Waals surface area contributed by atoms with E-state index >= 15 is 0 Å². The molecule has 0 aromatic heterocycles. The molecule has 0 bridgehead atoms. The Balaban J connectivity index is 4.00. The van der Waals surface area contributed by atoms with Gasteiger partial charge in [-0.3, -0.25) is 9.59 Å². The van der Waals surface area contributed by atoms with Crippen LogP contribution in [0.25, 0.3) is 0 Å². The molecule has 0 aromatic carbocycles. The number of Topliss-reactive ketones (excluding diaryl/α,β-unsaturated/α-hetero) is 1. The first-order valence-corrected chi connectivity index (χ1v) is 5.55. The van der Waals surface area contributed by atoms with Crippen LogP contribution in [-0.4, -0.2) is 28.8 Å². The minimum atomic E-state index is -1.05. The first-order valence-electron chi connectivity index (χ1n) is 5.55. The lowest BCUT2D eigenvalue weighted by Crippen LogP contribution is -2.40. The number of rotatable bonds is 8. The van der Waals surface area contributed by atoms with Crippen LogP contribution in [0.2, 0.25) is 0 Å². The van der Waals surface area contributed by atoms with Gasteiger partial charge in [-0.1, -0.05) is 13.8 Å². The van der Waals surface area contributed by atoms with Crippen molar-refractivity contribution < 1.29 is 19.5 Å². The minimum absolute atomic E-state index is 0.117. The number of carbonyl (C=O) groups excluding carboxylic acids is 2. The largest absolute Gasteiger partial charge is 0.480 e. The van der Waals surface area contributed by atoms with Gasteiger partial charge in [0, 0.05) is 19.3 Å². The van der Waals surface area contributed by atoms with E-state index < -0.39 is 12.0 Å². The SMILES string of the molecule is CCC(=O)CCC[C@H](NC(=O)CC)C(=O)O. The van der Waals surface area contributed by atoms with Crippen molar-refractivity contribution in [3.8, 4) is 0 Å². The summed E-state index contributed by atoms with van der Waals surface area (Å²) in [5.41, 5.74) is 0. The Labute approximate surface area is 95.2 Å². The Morgan fingerprint density at radius 3 is 2.25 bits per heavy atom. The second-order valence-corrected chi connectivity index (χ2v) is 3.60. The van der Waals surface area contributed by atoms with Crippen molar-refractivity contribution in [2.24, 2.45) is 0 Å². The summed E-state index contributed by atoms with van der Waals surface area (Å²) in [6.07, 6.45) is 1.90. The van der Waals surface area contributed by atoms with Gasteiger partial charge in [-0.2, -0.15) is 0 Å². The fourth-order valence-corrected chi connectivity index (χ4v) is 1.23. The topological polar surface area (TPSA) is 83.5 Å². The van der Waals surface area contributed by atoms with Crippen LogP contribution in [0.15, 0.2) is 0 Å². The van der Waals surface area contributed by atoms with E-state index in [1.54, 1.807) is 13.8 Å². The number of amides is 1. The molecule has 0 unspecified atom stereocenters. The Morgan fingerprint density at radius 2 is 1.81 bits per heavy atom. The predicted octanol–water partition coefficient (Wildman–Crippen LogP) is 1.12. The summed E-state index contributed by atoms with van der Waals surface area (Å²) in [6.45, 7) is 3.44. The van der Waals surface area contributed by atoms with Gasteiger partial charge < -0.3 is 10.4 Å². The van der Waals surface area contributed by atoms with Crippen LogP contribution in [0.1, 0.15) is 46.0 Å². The van der Waals surface area contributed by atoms with E-state index in [9.17, 15) is 14.4 Å². The summed E-state index contributed by atoms with van der Waals surface area (Å²) in [5.74, 6) is -1.22. The molecule has 1 atom stereocenters. The molecule has 0 aliphatic rings. The molecular weight excluding hydrogens is 210 g/mol. The van der Waals surface area contributed by atoms with Crippen molar-refractivity contribution in [1.29, 1.82) is 0 Å². The zero-order valence-corrected chi connectivity index (χ0v) is 9.78. The Bertz CT molecular complexity index is 263. The van der Waals surface area contributed by atoms with Crippen LogP contribution in [0.4, 0.5) is 0 Å². The zero-order chi connectivity index (χ0) is 12.6. The van der Waals surface area contributed by atoms with Gasteiger partial charge >= 0.3 is 5.97 Å². The summed E-state index contributed by atoms with van der Waals surface area (Å²) >= 11 is 0. The summed E-state index contributed by atoms with van der Waals surface area (Å²) in [4.78, 5) is 32.8. The number of hydrogen-bond donors (Lipinski definition) is 2. The third-order valence-corrected chi connectivity index (χ3v) is 2.30. The molecule has 16 heavy (non-hydrogen) atoms. The third kappa shape index (κ3) is 6.16. The van der Waals surface area contributed by atoms with E-state index in [2.05, 4.69) is 5.32 Å². The number of carboxylic acids is 1. The molecule has 5 nitrogen and oxygen atoms in total. The lowest BCUT2D eigenvalue weighted by Gasteiger charge is -2.13. The fourth-order valence-electron chi connectivity index (χ4n) is 1.23. The Hall–Kier alpha value is -1.39. The van der Waals surface area contributed by atoms with Crippen LogP contribution >= 0.6 is 0 Å². The number of hydrogen-bond acceptors (Lipinski definition) is 3. The molecule has 0 spiro atoms. The third-order valence-electron chi connectivity index (χ3n) is 2.30. The van der Waals surface area contributed by atoms with Crippen molar-refractivity contribution >= 4 is 17.7 Å². The van der Waals surface area contributed by atoms with Crippen LogP contribution in [0.3, 0.4) is 0 Å². The first-order chi connectivity index (χ1) is 7.51. The quantitative estimate of drug-likeness (QED) is 0.653. The number of carboxylic acid groups (broad SMARTS) is 1. The van der Waals surface area contributed by atoms with Gasteiger partial charge in [-0.25, -0.2) is 4.79 Å². The highest BCUT2D eigenvalue weighted by molar-refractivity contribution is 5.83. The Kier molecular flexibility index (Phi) is 7.16. The van der Waals surface area contributed by atoms with Gasteiger partial charge in [0.25, 0.3) is 0 Å². The first kappa shape index (κ1) is 14.6. The van der Waals surface area contributed by atoms with E-state index in [4.69, 9.17) is 5.11 Å². The van der Waals surface area contributed by atoms with Crippen molar-refractivity contribution in [2.45, 2.75) is 52.0 Å².